The van der Waals surface area contributed by atoms with Crippen LogP contribution in [0.1, 0.15) is 24.5 Å². The molecule has 134 valence electrons. The van der Waals surface area contributed by atoms with Crippen LogP contribution in [0.3, 0.4) is 0 Å². The fraction of sp³-hybridized carbons (Fsp3) is 0.222. The molecule has 1 unspecified atom stereocenters. The molecule has 3 nitrogen and oxygen atoms in total. The third kappa shape index (κ3) is 4.11. The Labute approximate surface area is 151 Å². The molecule has 0 aliphatic carbocycles. The summed E-state index contributed by atoms with van der Waals surface area (Å²) >= 11 is 1.49. The maximum atomic E-state index is 13.3. The number of nitrogens with one attached hydrogen (secondary N) is 1. The summed E-state index contributed by atoms with van der Waals surface area (Å²) in [5.74, 6) is 5.00. The van der Waals surface area contributed by atoms with E-state index >= 15 is 0 Å². The van der Waals surface area contributed by atoms with Crippen LogP contribution in [0.15, 0.2) is 36.0 Å². The summed E-state index contributed by atoms with van der Waals surface area (Å²) < 4.78 is 52.1. The van der Waals surface area contributed by atoms with Crippen molar-refractivity contribution in [2.75, 3.05) is 5.32 Å². The molecular formula is C18H13F4N3S. The topological polar surface area (TPSA) is 37.8 Å². The van der Waals surface area contributed by atoms with E-state index in [0.717, 1.165) is 22.3 Å². The minimum absolute atomic E-state index is 0.164. The van der Waals surface area contributed by atoms with Crippen LogP contribution in [0.5, 0.6) is 0 Å². The zero-order valence-corrected chi connectivity index (χ0v) is 14.4. The Morgan fingerprint density at radius 1 is 1.23 bits per heavy atom. The second-order valence-electron chi connectivity index (χ2n) is 5.60. The van der Waals surface area contributed by atoms with Crippen molar-refractivity contribution in [1.29, 1.82) is 0 Å². The molecule has 0 spiro atoms. The molecule has 0 fully saturated rings. The molecular weight excluding hydrogens is 366 g/mol. The van der Waals surface area contributed by atoms with Gasteiger partial charge in [-0.05, 0) is 36.6 Å². The SMILES string of the molecule is CC(CC#Cc1cc(F)ccc1C(F)(F)F)Nc1ncnc2sccc12. The Kier molecular flexibility index (Phi) is 5.09. The smallest absolute Gasteiger partial charge is 0.366 e. The number of nitrogens with zero attached hydrogens (tertiary/aromatic N) is 2. The van der Waals surface area contributed by atoms with Gasteiger partial charge in [-0.2, -0.15) is 13.2 Å². The highest BCUT2D eigenvalue weighted by Crippen LogP contribution is 2.32. The van der Waals surface area contributed by atoms with Crippen LogP contribution in [-0.4, -0.2) is 16.0 Å². The van der Waals surface area contributed by atoms with E-state index in [-0.39, 0.29) is 18.0 Å². The third-order valence-electron chi connectivity index (χ3n) is 3.56. The molecule has 3 rings (SSSR count). The maximum absolute atomic E-state index is 13.3. The van der Waals surface area contributed by atoms with Gasteiger partial charge in [-0.25, -0.2) is 14.4 Å². The third-order valence-corrected chi connectivity index (χ3v) is 4.38. The summed E-state index contributed by atoms with van der Waals surface area (Å²) in [4.78, 5) is 9.17. The van der Waals surface area contributed by atoms with E-state index in [1.807, 2.05) is 18.4 Å². The van der Waals surface area contributed by atoms with Crippen LogP contribution in [0.25, 0.3) is 10.2 Å². The number of aromatic nitrogens is 2. The number of anilines is 1. The minimum atomic E-state index is -4.58. The lowest BCUT2D eigenvalue weighted by Crippen LogP contribution is -2.15. The average molecular weight is 379 g/mol. The van der Waals surface area contributed by atoms with Crippen LogP contribution in [0, 0.1) is 17.7 Å². The number of hydrogen-bond acceptors (Lipinski definition) is 4. The van der Waals surface area contributed by atoms with Crippen LogP contribution in [0.2, 0.25) is 0 Å². The Hall–Kier alpha value is -2.66. The van der Waals surface area contributed by atoms with E-state index in [1.54, 1.807) is 0 Å². The Bertz CT molecular complexity index is 985. The predicted octanol–water partition coefficient (Wildman–Crippen LogP) is 5.09. The van der Waals surface area contributed by atoms with Crippen LogP contribution in [-0.2, 0) is 6.18 Å². The van der Waals surface area contributed by atoms with E-state index in [9.17, 15) is 17.6 Å². The van der Waals surface area contributed by atoms with Gasteiger partial charge in [0, 0.05) is 18.0 Å². The highest BCUT2D eigenvalue weighted by Gasteiger charge is 2.33. The van der Waals surface area contributed by atoms with Gasteiger partial charge in [0.2, 0.25) is 0 Å². The zero-order valence-electron chi connectivity index (χ0n) is 13.6. The van der Waals surface area contributed by atoms with E-state index in [1.165, 1.54) is 17.7 Å². The summed E-state index contributed by atoms with van der Waals surface area (Å²) in [7, 11) is 0. The molecule has 8 heteroatoms. The minimum Gasteiger partial charge on any atom is -0.366 e. The summed E-state index contributed by atoms with van der Waals surface area (Å²) in [5.41, 5.74) is -1.31. The van der Waals surface area contributed by atoms with Crippen LogP contribution >= 0.6 is 11.3 Å². The lowest BCUT2D eigenvalue weighted by Gasteiger charge is -2.12. The highest BCUT2D eigenvalue weighted by molar-refractivity contribution is 7.16. The lowest BCUT2D eigenvalue weighted by molar-refractivity contribution is -0.137. The van der Waals surface area contributed by atoms with Gasteiger partial charge < -0.3 is 5.32 Å². The summed E-state index contributed by atoms with van der Waals surface area (Å²) in [6.45, 7) is 1.84. The van der Waals surface area contributed by atoms with E-state index in [4.69, 9.17) is 0 Å². The largest absolute Gasteiger partial charge is 0.417 e. The second kappa shape index (κ2) is 7.30. The van der Waals surface area contributed by atoms with Crippen molar-refractivity contribution in [3.8, 4) is 11.8 Å². The molecule has 3 aromatic rings. The van der Waals surface area contributed by atoms with Crippen molar-refractivity contribution in [2.45, 2.75) is 25.6 Å². The first-order valence-corrected chi connectivity index (χ1v) is 8.53. The summed E-state index contributed by atoms with van der Waals surface area (Å²) in [6.07, 6.45) is -2.86. The normalized spacial score (nSPS) is 12.5. The maximum Gasteiger partial charge on any atom is 0.417 e. The molecule has 0 saturated carbocycles. The summed E-state index contributed by atoms with van der Waals surface area (Å²) in [6, 6.07) is 4.01. The van der Waals surface area contributed by atoms with Crippen molar-refractivity contribution in [1.82, 2.24) is 9.97 Å². The first-order valence-electron chi connectivity index (χ1n) is 7.65. The molecule has 1 atom stereocenters. The molecule has 2 heterocycles. The fourth-order valence-corrected chi connectivity index (χ4v) is 3.09. The van der Waals surface area contributed by atoms with Crippen LogP contribution < -0.4 is 5.32 Å². The molecule has 0 saturated heterocycles. The Balaban J connectivity index is 1.74. The van der Waals surface area contributed by atoms with Crippen molar-refractivity contribution in [2.24, 2.45) is 0 Å². The van der Waals surface area contributed by atoms with E-state index in [0.29, 0.717) is 11.9 Å². The molecule has 0 bridgehead atoms. The second-order valence-corrected chi connectivity index (χ2v) is 6.50. The lowest BCUT2D eigenvalue weighted by atomic mass is 10.1. The number of halogens is 4. The summed E-state index contributed by atoms with van der Waals surface area (Å²) in [5, 5.41) is 5.95. The molecule has 0 aliphatic rings. The number of rotatable bonds is 3. The van der Waals surface area contributed by atoms with Crippen LogP contribution in [0.4, 0.5) is 23.4 Å². The monoisotopic (exact) mass is 379 g/mol. The number of alkyl halides is 3. The van der Waals surface area contributed by atoms with Gasteiger partial charge in [0.1, 0.15) is 22.8 Å². The van der Waals surface area contributed by atoms with Gasteiger partial charge >= 0.3 is 6.18 Å². The number of hydrogen-bond donors (Lipinski definition) is 1. The van der Waals surface area contributed by atoms with Gasteiger partial charge in [0.05, 0.1) is 10.9 Å². The number of thiophene rings is 1. The van der Waals surface area contributed by atoms with Gasteiger partial charge in [-0.1, -0.05) is 11.8 Å². The van der Waals surface area contributed by atoms with E-state index < -0.39 is 17.6 Å². The molecule has 0 radical (unpaired) electrons. The molecule has 1 N–H and O–H groups in total. The first-order chi connectivity index (χ1) is 12.3. The standard InChI is InChI=1S/C18H13F4N3S/c1-11(25-16-14-7-8-26-17(14)24-10-23-16)3-2-4-12-9-13(19)5-6-15(12)18(20,21)22/h5-11H,3H2,1H3,(H,23,24,25). The van der Waals surface area contributed by atoms with Gasteiger partial charge in [-0.15, -0.1) is 11.3 Å². The highest BCUT2D eigenvalue weighted by atomic mass is 32.1. The molecule has 2 aromatic heterocycles. The number of benzene rings is 1. The van der Waals surface area contributed by atoms with Crippen molar-refractivity contribution < 1.29 is 17.6 Å². The molecule has 0 aliphatic heterocycles. The van der Waals surface area contributed by atoms with Gasteiger partial charge in [-0.3, -0.25) is 0 Å². The molecule has 26 heavy (non-hydrogen) atoms. The zero-order chi connectivity index (χ0) is 18.7. The van der Waals surface area contributed by atoms with Gasteiger partial charge in [0.25, 0.3) is 0 Å². The molecule has 0 amide bonds. The van der Waals surface area contributed by atoms with Crippen molar-refractivity contribution >= 4 is 27.4 Å². The van der Waals surface area contributed by atoms with Crippen molar-refractivity contribution in [3.05, 3.63) is 52.9 Å². The van der Waals surface area contributed by atoms with Crippen molar-refractivity contribution in [3.63, 3.8) is 0 Å². The van der Waals surface area contributed by atoms with E-state index in [2.05, 4.69) is 27.1 Å². The Morgan fingerprint density at radius 2 is 2.04 bits per heavy atom. The molecule has 1 aromatic carbocycles. The Morgan fingerprint density at radius 3 is 2.81 bits per heavy atom. The first kappa shape index (κ1) is 18.1. The average Bonchev–Trinajstić information content (AvgIpc) is 3.03. The quantitative estimate of drug-likeness (QED) is 0.509. The number of fused-ring (bicyclic) bond motifs is 1. The predicted molar refractivity (Wildman–Crippen MR) is 93.4 cm³/mol. The fourth-order valence-electron chi connectivity index (χ4n) is 2.36. The van der Waals surface area contributed by atoms with Gasteiger partial charge in [0.15, 0.2) is 0 Å².